The number of carbonyl (C=O) groups is 2. The number of benzene rings is 1. The van der Waals surface area contributed by atoms with E-state index in [0.29, 0.717) is 60.4 Å². The lowest BCUT2D eigenvalue weighted by atomic mass is 9.81. The van der Waals surface area contributed by atoms with Gasteiger partial charge in [-0.25, -0.2) is 0 Å². The quantitative estimate of drug-likeness (QED) is 0.286. The molecule has 3 heterocycles. The highest BCUT2D eigenvalue weighted by molar-refractivity contribution is 5.97. The number of ether oxygens (including phenoxy) is 1. The van der Waals surface area contributed by atoms with Crippen molar-refractivity contribution in [1.29, 1.82) is 5.41 Å². The third kappa shape index (κ3) is 7.71. The standard InChI is InChI=1S/C34H44F3N5O4/c1-4-8-29-25(9-7-17-42(29)32(44)26-21-40-16-12-27(26)34(35,36)37)31(43)41-18-14-33(45,15-19-41)28-10-5-6-11-30(28)46-20-13-24(22(2)38)23(3)39/h5-6,10-12,16,21,25,29,38,45H,4,7-9,13-15,17-20,39H2,1-3H3/b24-23-,38-22?. The molecule has 1 aromatic heterocycles. The van der Waals surface area contributed by atoms with Crippen LogP contribution in [0.25, 0.3) is 0 Å². The Morgan fingerprint density at radius 2 is 1.85 bits per heavy atom. The molecular formula is C34H44F3N5O4. The van der Waals surface area contributed by atoms with Crippen molar-refractivity contribution in [2.24, 2.45) is 11.7 Å². The molecule has 2 fully saturated rings. The van der Waals surface area contributed by atoms with Gasteiger partial charge in [-0.3, -0.25) is 14.6 Å². The van der Waals surface area contributed by atoms with Gasteiger partial charge in [-0.05, 0) is 63.7 Å². The maximum absolute atomic E-state index is 14.0. The second-order valence-electron chi connectivity index (χ2n) is 12.3. The summed E-state index contributed by atoms with van der Waals surface area (Å²) in [5.74, 6) is -0.945. The zero-order valence-corrected chi connectivity index (χ0v) is 26.7. The van der Waals surface area contributed by atoms with Crippen LogP contribution in [0.2, 0.25) is 0 Å². The minimum absolute atomic E-state index is 0.150. The second kappa shape index (κ2) is 14.7. The number of likely N-dealkylation sites (tertiary alicyclic amines) is 2. The van der Waals surface area contributed by atoms with Gasteiger partial charge in [0.15, 0.2) is 0 Å². The molecule has 2 saturated heterocycles. The molecular weight excluding hydrogens is 599 g/mol. The van der Waals surface area contributed by atoms with Crippen molar-refractivity contribution in [3.05, 3.63) is 70.7 Å². The molecule has 0 saturated carbocycles. The number of allylic oxidation sites excluding steroid dienone is 1. The lowest BCUT2D eigenvalue weighted by Crippen LogP contribution is -2.55. The number of nitrogens with zero attached hydrogens (tertiary/aromatic N) is 3. The molecule has 4 N–H and O–H groups in total. The zero-order chi connectivity index (χ0) is 33.6. The molecule has 4 rings (SSSR count). The van der Waals surface area contributed by atoms with Gasteiger partial charge in [0.05, 0.1) is 29.3 Å². The molecule has 2 amide bonds. The number of para-hydroxylation sites is 1. The summed E-state index contributed by atoms with van der Waals surface area (Å²) in [4.78, 5) is 34.4. The molecule has 0 spiro atoms. The first-order valence-electron chi connectivity index (χ1n) is 15.8. The Morgan fingerprint density at radius 1 is 1.15 bits per heavy atom. The van der Waals surface area contributed by atoms with Gasteiger partial charge in [-0.2, -0.15) is 13.2 Å². The largest absolute Gasteiger partial charge is 0.493 e. The first-order valence-corrected chi connectivity index (χ1v) is 15.8. The predicted molar refractivity (Wildman–Crippen MR) is 168 cm³/mol. The van der Waals surface area contributed by atoms with Gasteiger partial charge < -0.3 is 30.8 Å². The summed E-state index contributed by atoms with van der Waals surface area (Å²) in [6.45, 7) is 6.44. The number of amides is 2. The van der Waals surface area contributed by atoms with E-state index in [1.165, 1.54) is 4.90 Å². The van der Waals surface area contributed by atoms with Crippen LogP contribution in [0.5, 0.6) is 5.75 Å². The van der Waals surface area contributed by atoms with E-state index in [9.17, 15) is 27.9 Å². The van der Waals surface area contributed by atoms with Crippen LogP contribution < -0.4 is 10.5 Å². The normalized spacial score (nSPS) is 20.6. The smallest absolute Gasteiger partial charge is 0.417 e. The molecule has 0 bridgehead atoms. The number of halogens is 3. The van der Waals surface area contributed by atoms with Gasteiger partial charge in [-0.15, -0.1) is 0 Å². The fourth-order valence-corrected chi connectivity index (χ4v) is 6.74. The summed E-state index contributed by atoms with van der Waals surface area (Å²) in [5, 5.41) is 19.7. The van der Waals surface area contributed by atoms with Crippen LogP contribution >= 0.6 is 0 Å². The maximum atomic E-state index is 14.0. The number of hydrogen-bond acceptors (Lipinski definition) is 7. The van der Waals surface area contributed by atoms with E-state index in [-0.39, 0.29) is 45.0 Å². The number of aliphatic hydroxyl groups is 1. The minimum Gasteiger partial charge on any atom is -0.493 e. The number of nitrogens with two attached hydrogens (primary N) is 1. The molecule has 2 aliphatic rings. The first-order chi connectivity index (χ1) is 21.8. The van der Waals surface area contributed by atoms with Gasteiger partial charge >= 0.3 is 6.18 Å². The summed E-state index contributed by atoms with van der Waals surface area (Å²) in [6, 6.07) is 7.51. The van der Waals surface area contributed by atoms with E-state index in [1.54, 1.807) is 24.8 Å². The molecule has 2 atom stereocenters. The van der Waals surface area contributed by atoms with E-state index in [4.69, 9.17) is 15.9 Å². The van der Waals surface area contributed by atoms with E-state index in [0.717, 1.165) is 18.5 Å². The molecule has 12 heteroatoms. The van der Waals surface area contributed by atoms with Crippen molar-refractivity contribution in [3.8, 4) is 5.75 Å². The summed E-state index contributed by atoms with van der Waals surface area (Å²) in [5.41, 5.74) is 5.42. The third-order valence-electron chi connectivity index (χ3n) is 9.13. The number of rotatable bonds is 10. The monoisotopic (exact) mass is 643 g/mol. The Balaban J connectivity index is 1.47. The molecule has 46 heavy (non-hydrogen) atoms. The Morgan fingerprint density at radius 3 is 2.48 bits per heavy atom. The minimum atomic E-state index is -4.71. The molecule has 0 aliphatic carbocycles. The molecule has 2 unspecified atom stereocenters. The van der Waals surface area contributed by atoms with Crippen LogP contribution in [0.15, 0.2) is 54.0 Å². The predicted octanol–water partition coefficient (Wildman–Crippen LogP) is 5.67. The van der Waals surface area contributed by atoms with Crippen molar-refractivity contribution < 1.29 is 32.6 Å². The lowest BCUT2D eigenvalue weighted by molar-refractivity contribution is -0.144. The first kappa shape index (κ1) is 34.9. The molecule has 250 valence electrons. The van der Waals surface area contributed by atoms with Crippen LogP contribution in [0, 0.1) is 11.3 Å². The number of piperidine rings is 2. The van der Waals surface area contributed by atoms with Crippen LogP contribution in [-0.4, -0.2) is 69.7 Å². The highest BCUT2D eigenvalue weighted by Gasteiger charge is 2.44. The summed E-state index contributed by atoms with van der Waals surface area (Å²) >= 11 is 0. The number of aromatic nitrogens is 1. The van der Waals surface area contributed by atoms with Crippen LogP contribution in [0.4, 0.5) is 13.2 Å². The van der Waals surface area contributed by atoms with Crippen molar-refractivity contribution in [2.45, 2.75) is 83.5 Å². The van der Waals surface area contributed by atoms with E-state index < -0.39 is 40.8 Å². The van der Waals surface area contributed by atoms with Crippen LogP contribution in [-0.2, 0) is 16.6 Å². The molecule has 1 aromatic carbocycles. The fourth-order valence-electron chi connectivity index (χ4n) is 6.74. The third-order valence-corrected chi connectivity index (χ3v) is 9.13. The van der Waals surface area contributed by atoms with Gasteiger partial charge in [0, 0.05) is 61.5 Å². The number of carbonyl (C=O) groups excluding carboxylic acids is 2. The van der Waals surface area contributed by atoms with Crippen molar-refractivity contribution in [3.63, 3.8) is 0 Å². The van der Waals surface area contributed by atoms with Crippen LogP contribution in [0.1, 0.15) is 87.2 Å². The molecule has 9 nitrogen and oxygen atoms in total. The van der Waals surface area contributed by atoms with E-state index in [1.807, 2.05) is 25.1 Å². The van der Waals surface area contributed by atoms with Crippen molar-refractivity contribution in [2.75, 3.05) is 26.2 Å². The van der Waals surface area contributed by atoms with Gasteiger partial charge in [-0.1, -0.05) is 31.5 Å². The zero-order valence-electron chi connectivity index (χ0n) is 26.7. The van der Waals surface area contributed by atoms with Crippen molar-refractivity contribution >= 4 is 17.5 Å². The van der Waals surface area contributed by atoms with Gasteiger partial charge in [0.2, 0.25) is 5.91 Å². The fraction of sp³-hybridized carbons (Fsp3) is 0.529. The highest BCUT2D eigenvalue weighted by atomic mass is 19.4. The second-order valence-corrected chi connectivity index (χ2v) is 12.3. The number of pyridine rings is 1. The van der Waals surface area contributed by atoms with Crippen molar-refractivity contribution in [1.82, 2.24) is 14.8 Å². The SMILES string of the molecule is CCCC1C(C(=O)N2CCC(O)(c3ccccc3OCC/C(C(C)=N)=C(\C)N)CC2)CCCN1C(=O)c1cnccc1C(F)(F)F. The molecule has 2 aromatic rings. The number of alkyl halides is 3. The highest BCUT2D eigenvalue weighted by Crippen LogP contribution is 2.40. The topological polar surface area (TPSA) is 133 Å². The van der Waals surface area contributed by atoms with Gasteiger partial charge in [0.25, 0.3) is 5.91 Å². The van der Waals surface area contributed by atoms with Gasteiger partial charge in [0.1, 0.15) is 5.75 Å². The Bertz CT molecular complexity index is 1450. The van der Waals surface area contributed by atoms with E-state index in [2.05, 4.69) is 4.98 Å². The Kier molecular flexibility index (Phi) is 11.1. The number of nitrogens with one attached hydrogen (secondary N) is 1. The van der Waals surface area contributed by atoms with E-state index >= 15 is 0 Å². The maximum Gasteiger partial charge on any atom is 0.417 e. The summed E-state index contributed by atoms with van der Waals surface area (Å²) < 4.78 is 47.2. The average molecular weight is 644 g/mol. The lowest BCUT2D eigenvalue weighted by Gasteiger charge is -2.45. The Labute approximate surface area is 268 Å². The number of hydrogen-bond donors (Lipinski definition) is 3. The summed E-state index contributed by atoms with van der Waals surface area (Å²) in [7, 11) is 0. The molecule has 0 radical (unpaired) electrons. The average Bonchev–Trinajstić information content (AvgIpc) is 3.02. The summed E-state index contributed by atoms with van der Waals surface area (Å²) in [6.07, 6.45) is 0.386. The molecule has 2 aliphatic heterocycles. The Hall–Kier alpha value is -3.93. The van der Waals surface area contributed by atoms with Crippen LogP contribution in [0.3, 0.4) is 0 Å².